The van der Waals surface area contributed by atoms with Crippen LogP contribution in [0.5, 0.6) is 0 Å². The van der Waals surface area contributed by atoms with Crippen molar-refractivity contribution in [2.45, 2.75) is 58.7 Å². The van der Waals surface area contributed by atoms with Gasteiger partial charge in [0.15, 0.2) is 0 Å². The van der Waals surface area contributed by atoms with Crippen molar-refractivity contribution < 1.29 is 0 Å². The Morgan fingerprint density at radius 2 is 1.73 bits per heavy atom. The monoisotopic (exact) mass is 348 g/mol. The number of benzene rings is 1. The maximum absolute atomic E-state index is 6.09. The van der Waals surface area contributed by atoms with Gasteiger partial charge in [-0.05, 0) is 45.7 Å². The van der Waals surface area contributed by atoms with E-state index >= 15 is 0 Å². The van der Waals surface area contributed by atoms with Crippen LogP contribution in [0.2, 0.25) is 0 Å². The maximum Gasteiger partial charge on any atom is 0.137 e. The second-order valence-electron chi connectivity index (χ2n) is 7.77. The van der Waals surface area contributed by atoms with Crippen molar-refractivity contribution in [1.29, 1.82) is 0 Å². The SMILES string of the molecule is Cc1ccc(-c2nc3ccc(N)cn3c2CN2C(C)CCCC2C)cc1. The summed E-state index contributed by atoms with van der Waals surface area (Å²) in [6, 6.07) is 13.8. The van der Waals surface area contributed by atoms with E-state index < -0.39 is 0 Å². The van der Waals surface area contributed by atoms with Crippen LogP contribution in [0.15, 0.2) is 42.6 Å². The molecule has 0 radical (unpaired) electrons. The van der Waals surface area contributed by atoms with Crippen molar-refractivity contribution in [2.24, 2.45) is 0 Å². The molecule has 26 heavy (non-hydrogen) atoms. The molecule has 4 nitrogen and oxygen atoms in total. The number of likely N-dealkylation sites (tertiary alicyclic amines) is 1. The summed E-state index contributed by atoms with van der Waals surface area (Å²) in [5.41, 5.74) is 12.6. The van der Waals surface area contributed by atoms with Crippen LogP contribution in [0.4, 0.5) is 5.69 Å². The van der Waals surface area contributed by atoms with E-state index in [0.717, 1.165) is 23.6 Å². The summed E-state index contributed by atoms with van der Waals surface area (Å²) in [5.74, 6) is 0. The minimum absolute atomic E-state index is 0.594. The third-order valence-corrected chi connectivity index (χ3v) is 5.77. The molecule has 0 bridgehead atoms. The largest absolute Gasteiger partial charge is 0.398 e. The number of piperidine rings is 1. The average Bonchev–Trinajstić information content (AvgIpc) is 2.96. The molecular weight excluding hydrogens is 320 g/mol. The van der Waals surface area contributed by atoms with E-state index in [1.807, 2.05) is 18.3 Å². The maximum atomic E-state index is 6.09. The number of pyridine rings is 1. The minimum atomic E-state index is 0.594. The van der Waals surface area contributed by atoms with E-state index in [4.69, 9.17) is 10.7 Å². The molecule has 0 aliphatic carbocycles. The van der Waals surface area contributed by atoms with Crippen LogP contribution < -0.4 is 5.73 Å². The zero-order valence-electron chi connectivity index (χ0n) is 15.9. The highest BCUT2D eigenvalue weighted by Gasteiger charge is 2.27. The Hall–Kier alpha value is -2.33. The number of hydrogen-bond donors (Lipinski definition) is 1. The molecule has 1 aliphatic rings. The van der Waals surface area contributed by atoms with E-state index in [-0.39, 0.29) is 0 Å². The Kier molecular flexibility index (Phi) is 4.45. The van der Waals surface area contributed by atoms with Crippen LogP contribution in [0.1, 0.15) is 44.4 Å². The first kappa shape index (κ1) is 17.1. The molecule has 1 fully saturated rings. The van der Waals surface area contributed by atoms with Gasteiger partial charge in [-0.2, -0.15) is 0 Å². The molecule has 2 aromatic heterocycles. The Labute approximate surface area is 155 Å². The van der Waals surface area contributed by atoms with Gasteiger partial charge in [-0.15, -0.1) is 0 Å². The lowest BCUT2D eigenvalue weighted by Gasteiger charge is -2.39. The fourth-order valence-electron chi connectivity index (χ4n) is 4.16. The Bertz CT molecular complexity index is 900. The molecule has 0 saturated carbocycles. The molecule has 0 spiro atoms. The molecule has 3 aromatic rings. The van der Waals surface area contributed by atoms with E-state index in [1.165, 1.54) is 36.1 Å². The Morgan fingerprint density at radius 3 is 2.42 bits per heavy atom. The number of nitrogen functional groups attached to an aromatic ring is 1. The predicted octanol–water partition coefficient (Wildman–Crippen LogP) is 4.65. The zero-order chi connectivity index (χ0) is 18.3. The third kappa shape index (κ3) is 3.10. The zero-order valence-corrected chi connectivity index (χ0v) is 15.9. The van der Waals surface area contributed by atoms with Crippen LogP contribution >= 0.6 is 0 Å². The smallest absolute Gasteiger partial charge is 0.137 e. The molecular formula is C22H28N4. The number of hydrogen-bond acceptors (Lipinski definition) is 3. The van der Waals surface area contributed by atoms with Gasteiger partial charge in [0.25, 0.3) is 0 Å². The summed E-state index contributed by atoms with van der Waals surface area (Å²) in [6.07, 6.45) is 5.87. The quantitative estimate of drug-likeness (QED) is 0.749. The van der Waals surface area contributed by atoms with E-state index in [0.29, 0.717) is 12.1 Å². The lowest BCUT2D eigenvalue weighted by molar-refractivity contribution is 0.0937. The van der Waals surface area contributed by atoms with Gasteiger partial charge in [0.1, 0.15) is 5.65 Å². The van der Waals surface area contributed by atoms with E-state index in [2.05, 4.69) is 54.3 Å². The first-order valence-electron chi connectivity index (χ1n) is 9.62. The number of nitrogens with two attached hydrogens (primary N) is 1. The number of aryl methyl sites for hydroxylation is 1. The normalized spacial score (nSPS) is 21.3. The molecule has 1 saturated heterocycles. The molecule has 2 N–H and O–H groups in total. The van der Waals surface area contributed by atoms with Gasteiger partial charge in [-0.1, -0.05) is 36.2 Å². The number of fused-ring (bicyclic) bond motifs is 1. The van der Waals surface area contributed by atoms with Crippen molar-refractivity contribution in [3.63, 3.8) is 0 Å². The first-order chi connectivity index (χ1) is 12.5. The molecule has 136 valence electrons. The predicted molar refractivity (Wildman–Crippen MR) is 108 cm³/mol. The number of imidazole rings is 1. The summed E-state index contributed by atoms with van der Waals surface area (Å²) in [7, 11) is 0. The highest BCUT2D eigenvalue weighted by Crippen LogP contribution is 2.30. The van der Waals surface area contributed by atoms with Crippen LogP contribution in [0.3, 0.4) is 0 Å². The van der Waals surface area contributed by atoms with Crippen LogP contribution in [-0.4, -0.2) is 26.4 Å². The number of nitrogens with zero attached hydrogens (tertiary/aromatic N) is 3. The van der Waals surface area contributed by atoms with E-state index in [1.54, 1.807) is 0 Å². The van der Waals surface area contributed by atoms with Gasteiger partial charge < -0.3 is 10.1 Å². The van der Waals surface area contributed by atoms with Gasteiger partial charge in [0.05, 0.1) is 11.4 Å². The minimum Gasteiger partial charge on any atom is -0.398 e. The Morgan fingerprint density at radius 1 is 1.04 bits per heavy atom. The van der Waals surface area contributed by atoms with Crippen molar-refractivity contribution in [3.8, 4) is 11.3 Å². The average molecular weight is 348 g/mol. The van der Waals surface area contributed by atoms with Crippen LogP contribution in [-0.2, 0) is 6.54 Å². The summed E-state index contributed by atoms with van der Waals surface area (Å²) in [5, 5.41) is 0. The first-order valence-corrected chi connectivity index (χ1v) is 9.62. The topological polar surface area (TPSA) is 46.6 Å². The molecule has 4 heteroatoms. The highest BCUT2D eigenvalue weighted by molar-refractivity contribution is 5.67. The fourth-order valence-corrected chi connectivity index (χ4v) is 4.16. The van der Waals surface area contributed by atoms with Crippen molar-refractivity contribution >= 4 is 11.3 Å². The second kappa shape index (κ2) is 6.76. The third-order valence-electron chi connectivity index (χ3n) is 5.77. The number of anilines is 1. The van der Waals surface area contributed by atoms with Gasteiger partial charge in [0.2, 0.25) is 0 Å². The van der Waals surface area contributed by atoms with Gasteiger partial charge in [-0.25, -0.2) is 4.98 Å². The lowest BCUT2D eigenvalue weighted by Crippen LogP contribution is -2.43. The summed E-state index contributed by atoms with van der Waals surface area (Å²) in [4.78, 5) is 7.57. The number of aromatic nitrogens is 2. The fraction of sp³-hybridized carbons (Fsp3) is 0.409. The second-order valence-corrected chi connectivity index (χ2v) is 7.77. The molecule has 2 atom stereocenters. The molecule has 4 rings (SSSR count). The highest BCUT2D eigenvalue weighted by atomic mass is 15.2. The van der Waals surface area contributed by atoms with E-state index in [9.17, 15) is 0 Å². The van der Waals surface area contributed by atoms with Crippen LogP contribution in [0.25, 0.3) is 16.9 Å². The molecule has 3 heterocycles. The van der Waals surface area contributed by atoms with Gasteiger partial charge in [0, 0.05) is 36.1 Å². The number of rotatable bonds is 3. The molecule has 0 amide bonds. The standard InChI is InChI=1S/C22H28N4/c1-15-7-9-18(10-8-15)22-20(14-25-16(2)5-4-6-17(25)3)26-13-19(23)11-12-21(26)24-22/h7-13,16-17H,4-6,14,23H2,1-3H3. The van der Waals surface area contributed by atoms with Gasteiger partial charge >= 0.3 is 0 Å². The van der Waals surface area contributed by atoms with Crippen molar-refractivity contribution in [3.05, 3.63) is 53.9 Å². The lowest BCUT2D eigenvalue weighted by atomic mass is 9.97. The Balaban J connectivity index is 1.83. The van der Waals surface area contributed by atoms with Gasteiger partial charge in [-0.3, -0.25) is 4.90 Å². The molecule has 1 aliphatic heterocycles. The molecule has 2 unspecified atom stereocenters. The summed E-state index contributed by atoms with van der Waals surface area (Å²) < 4.78 is 2.18. The summed E-state index contributed by atoms with van der Waals surface area (Å²) >= 11 is 0. The van der Waals surface area contributed by atoms with Crippen LogP contribution in [0, 0.1) is 6.92 Å². The summed E-state index contributed by atoms with van der Waals surface area (Å²) in [6.45, 7) is 7.71. The van der Waals surface area contributed by atoms with Crippen molar-refractivity contribution in [2.75, 3.05) is 5.73 Å². The van der Waals surface area contributed by atoms with Crippen molar-refractivity contribution in [1.82, 2.24) is 14.3 Å². The molecule has 1 aromatic carbocycles.